The molecular formula is C15H26N2OS+2. The zero-order chi connectivity index (χ0) is 13.3. The van der Waals surface area contributed by atoms with Crippen molar-refractivity contribution in [1.82, 2.24) is 0 Å². The van der Waals surface area contributed by atoms with E-state index in [4.69, 9.17) is 4.74 Å². The van der Waals surface area contributed by atoms with Crippen LogP contribution in [0, 0.1) is 6.92 Å². The molecule has 1 aromatic rings. The molecule has 0 bridgehead atoms. The van der Waals surface area contributed by atoms with E-state index in [0.29, 0.717) is 0 Å². The van der Waals surface area contributed by atoms with Gasteiger partial charge in [-0.2, -0.15) is 0 Å². The lowest BCUT2D eigenvalue weighted by atomic mass is 10.2. The van der Waals surface area contributed by atoms with Gasteiger partial charge in [-0.25, -0.2) is 0 Å². The number of quaternary nitrogens is 2. The maximum absolute atomic E-state index is 5.37. The summed E-state index contributed by atoms with van der Waals surface area (Å²) >= 11 is 1.96. The van der Waals surface area contributed by atoms with Crippen LogP contribution in [-0.4, -0.2) is 51.7 Å². The average Bonchev–Trinajstić information content (AvgIpc) is 2.46. The van der Waals surface area contributed by atoms with Gasteiger partial charge in [-0.3, -0.25) is 0 Å². The van der Waals surface area contributed by atoms with E-state index in [2.05, 4.69) is 36.5 Å². The van der Waals surface area contributed by atoms with Crippen molar-refractivity contribution in [3.05, 3.63) is 29.8 Å². The average molecular weight is 282 g/mol. The fraction of sp³-hybridized carbons (Fsp3) is 0.600. The summed E-state index contributed by atoms with van der Waals surface area (Å²) in [6.07, 6.45) is 0. The van der Waals surface area contributed by atoms with Gasteiger partial charge in [0, 0.05) is 10.6 Å². The highest BCUT2D eigenvalue weighted by Crippen LogP contribution is 2.16. The summed E-state index contributed by atoms with van der Waals surface area (Å²) in [5.41, 5.74) is 1.34. The predicted octanol–water partition coefficient (Wildman–Crippen LogP) is -0.434. The van der Waals surface area contributed by atoms with Crippen LogP contribution in [0.15, 0.2) is 29.2 Å². The first-order valence-electron chi connectivity index (χ1n) is 7.27. The molecule has 0 amide bonds. The molecular weight excluding hydrogens is 256 g/mol. The summed E-state index contributed by atoms with van der Waals surface area (Å²) in [5, 5.41) is 2.45. The minimum absolute atomic E-state index is 0.943. The molecule has 1 saturated heterocycles. The number of thioether (sulfide) groups is 1. The molecule has 1 aliphatic heterocycles. The number of benzene rings is 1. The highest BCUT2D eigenvalue weighted by molar-refractivity contribution is 7.99. The van der Waals surface area contributed by atoms with Crippen molar-refractivity contribution in [3.8, 4) is 0 Å². The Hall–Kier alpha value is -0.550. The standard InChI is InChI=1S/C15H24N2OS/c1-14-2-4-15(5-3-14)19-13-7-16-6-8-17-9-11-18-12-10-17/h2-5,16H,6-13H2,1H3/p+2. The third-order valence-electron chi connectivity index (χ3n) is 3.51. The summed E-state index contributed by atoms with van der Waals surface area (Å²) in [6, 6.07) is 8.82. The fourth-order valence-electron chi connectivity index (χ4n) is 2.26. The van der Waals surface area contributed by atoms with Crippen LogP contribution < -0.4 is 10.2 Å². The summed E-state index contributed by atoms with van der Waals surface area (Å²) < 4.78 is 5.37. The van der Waals surface area contributed by atoms with E-state index in [0.717, 1.165) is 13.2 Å². The third-order valence-corrected chi connectivity index (χ3v) is 4.56. The van der Waals surface area contributed by atoms with Crippen molar-refractivity contribution in [2.24, 2.45) is 0 Å². The number of hydrogen-bond donors (Lipinski definition) is 2. The summed E-state index contributed by atoms with van der Waals surface area (Å²) in [5.74, 6) is 1.20. The summed E-state index contributed by atoms with van der Waals surface area (Å²) in [4.78, 5) is 3.09. The second kappa shape index (κ2) is 8.59. The molecule has 1 fully saturated rings. The van der Waals surface area contributed by atoms with E-state index in [1.54, 1.807) is 4.90 Å². The van der Waals surface area contributed by atoms with Gasteiger partial charge in [0.25, 0.3) is 0 Å². The Balaban J connectivity index is 1.49. The minimum atomic E-state index is 0.943. The van der Waals surface area contributed by atoms with Crippen molar-refractivity contribution >= 4 is 11.8 Å². The van der Waals surface area contributed by atoms with Crippen LogP contribution in [-0.2, 0) is 4.74 Å². The number of aryl methyl sites for hydroxylation is 1. The van der Waals surface area contributed by atoms with Crippen molar-refractivity contribution in [3.63, 3.8) is 0 Å². The highest BCUT2D eigenvalue weighted by Gasteiger charge is 2.13. The Morgan fingerprint density at radius 3 is 2.63 bits per heavy atom. The molecule has 0 aromatic heterocycles. The first kappa shape index (κ1) is 14.9. The molecule has 0 spiro atoms. The van der Waals surface area contributed by atoms with E-state index in [-0.39, 0.29) is 0 Å². The van der Waals surface area contributed by atoms with Crippen molar-refractivity contribution in [2.75, 3.05) is 51.7 Å². The van der Waals surface area contributed by atoms with Crippen LogP contribution in [0.25, 0.3) is 0 Å². The maximum atomic E-state index is 5.37. The summed E-state index contributed by atoms with van der Waals surface area (Å²) in [6.45, 7) is 10.1. The Bertz CT molecular complexity index is 350. The van der Waals surface area contributed by atoms with Gasteiger partial charge in [0.2, 0.25) is 0 Å². The molecule has 1 heterocycles. The lowest BCUT2D eigenvalue weighted by Gasteiger charge is -2.22. The second-order valence-electron chi connectivity index (χ2n) is 5.14. The molecule has 2 rings (SSSR count). The number of ether oxygens (including phenoxy) is 1. The fourth-order valence-corrected chi connectivity index (χ4v) is 3.10. The van der Waals surface area contributed by atoms with Crippen LogP contribution >= 0.6 is 11.8 Å². The van der Waals surface area contributed by atoms with Gasteiger partial charge in [0.05, 0.1) is 19.8 Å². The molecule has 3 N–H and O–H groups in total. The smallest absolute Gasteiger partial charge is 0.127 e. The first-order valence-corrected chi connectivity index (χ1v) is 8.25. The molecule has 1 aromatic carbocycles. The highest BCUT2D eigenvalue weighted by atomic mass is 32.2. The van der Waals surface area contributed by atoms with Crippen LogP contribution in [0.2, 0.25) is 0 Å². The number of rotatable bonds is 7. The van der Waals surface area contributed by atoms with Gasteiger partial charge >= 0.3 is 0 Å². The van der Waals surface area contributed by atoms with E-state index < -0.39 is 0 Å². The van der Waals surface area contributed by atoms with Gasteiger partial charge in [0.1, 0.15) is 26.2 Å². The van der Waals surface area contributed by atoms with Gasteiger partial charge < -0.3 is 15.0 Å². The van der Waals surface area contributed by atoms with E-state index in [1.165, 1.54) is 48.9 Å². The number of hydrogen-bond acceptors (Lipinski definition) is 2. The van der Waals surface area contributed by atoms with Crippen molar-refractivity contribution < 1.29 is 15.0 Å². The Labute approximate surface area is 120 Å². The normalized spacial score (nSPS) is 16.7. The quantitative estimate of drug-likeness (QED) is 0.525. The SMILES string of the molecule is Cc1ccc(SCC[NH2+]CC[NH+]2CCOCC2)cc1. The molecule has 0 radical (unpaired) electrons. The summed E-state index contributed by atoms with van der Waals surface area (Å²) in [7, 11) is 0. The predicted molar refractivity (Wildman–Crippen MR) is 79.9 cm³/mol. The number of morpholine rings is 1. The molecule has 106 valence electrons. The van der Waals surface area contributed by atoms with Gasteiger partial charge in [-0.1, -0.05) is 17.7 Å². The van der Waals surface area contributed by atoms with Crippen molar-refractivity contribution in [2.45, 2.75) is 11.8 Å². The zero-order valence-corrected chi connectivity index (χ0v) is 12.7. The topological polar surface area (TPSA) is 30.3 Å². The Morgan fingerprint density at radius 1 is 1.16 bits per heavy atom. The van der Waals surface area contributed by atoms with Crippen LogP contribution in [0.3, 0.4) is 0 Å². The second-order valence-corrected chi connectivity index (χ2v) is 6.31. The van der Waals surface area contributed by atoms with Crippen LogP contribution in [0.4, 0.5) is 0 Å². The molecule has 19 heavy (non-hydrogen) atoms. The Morgan fingerprint density at radius 2 is 1.89 bits per heavy atom. The molecule has 1 aliphatic rings. The van der Waals surface area contributed by atoms with Crippen LogP contribution in [0.1, 0.15) is 5.56 Å². The third kappa shape index (κ3) is 5.95. The Kier molecular flexibility index (Phi) is 6.71. The maximum Gasteiger partial charge on any atom is 0.127 e. The largest absolute Gasteiger partial charge is 0.370 e. The molecule has 3 nitrogen and oxygen atoms in total. The number of nitrogens with one attached hydrogen (secondary N) is 1. The first-order chi connectivity index (χ1) is 9.34. The lowest BCUT2D eigenvalue weighted by Crippen LogP contribution is -3.16. The molecule has 0 saturated carbocycles. The minimum Gasteiger partial charge on any atom is -0.370 e. The zero-order valence-electron chi connectivity index (χ0n) is 11.9. The lowest BCUT2D eigenvalue weighted by molar-refractivity contribution is -0.919. The van der Waals surface area contributed by atoms with Crippen LogP contribution in [0.5, 0.6) is 0 Å². The van der Waals surface area contributed by atoms with Gasteiger partial charge in [-0.15, -0.1) is 11.8 Å². The molecule has 0 atom stereocenters. The van der Waals surface area contributed by atoms with E-state index in [9.17, 15) is 0 Å². The van der Waals surface area contributed by atoms with Gasteiger partial charge in [0.15, 0.2) is 0 Å². The molecule has 0 unspecified atom stereocenters. The van der Waals surface area contributed by atoms with Crippen molar-refractivity contribution in [1.29, 1.82) is 0 Å². The van der Waals surface area contributed by atoms with E-state index in [1.807, 2.05) is 11.8 Å². The molecule has 0 aliphatic carbocycles. The van der Waals surface area contributed by atoms with Gasteiger partial charge in [-0.05, 0) is 19.1 Å². The number of nitrogens with two attached hydrogens (primary N) is 1. The van der Waals surface area contributed by atoms with E-state index >= 15 is 0 Å². The monoisotopic (exact) mass is 282 g/mol. The molecule has 4 heteroatoms.